The van der Waals surface area contributed by atoms with Crippen molar-refractivity contribution in [1.82, 2.24) is 5.32 Å². The maximum atomic E-state index is 11.9. The molecule has 102 valence electrons. The summed E-state index contributed by atoms with van der Waals surface area (Å²) in [6.07, 6.45) is -4.99. The van der Waals surface area contributed by atoms with Gasteiger partial charge in [0, 0.05) is 6.42 Å². The molecule has 0 aromatic rings. The van der Waals surface area contributed by atoms with Crippen LogP contribution in [0.3, 0.4) is 0 Å². The molecule has 0 aromatic heterocycles. The van der Waals surface area contributed by atoms with Gasteiger partial charge in [0.15, 0.2) is 0 Å². The Morgan fingerprint density at radius 2 is 1.94 bits per heavy atom. The van der Waals surface area contributed by atoms with Crippen molar-refractivity contribution in [3.05, 3.63) is 0 Å². The number of carbonyl (C=O) groups excluding carboxylic acids is 1. The van der Waals surface area contributed by atoms with Crippen LogP contribution < -0.4 is 5.32 Å². The van der Waals surface area contributed by atoms with E-state index in [1.54, 1.807) is 6.92 Å². The second-order valence-corrected chi connectivity index (χ2v) is 4.01. The third kappa shape index (κ3) is 5.88. The molecule has 1 N–H and O–H groups in total. The first-order valence-corrected chi connectivity index (χ1v) is 5.10. The average Bonchev–Trinajstić information content (AvgIpc) is 2.24. The van der Waals surface area contributed by atoms with E-state index in [-0.39, 0.29) is 6.42 Å². The van der Waals surface area contributed by atoms with Crippen molar-refractivity contribution in [2.24, 2.45) is 0 Å². The number of methoxy groups -OCH3 is 1. The molecule has 0 amide bonds. The normalized spacial score (nSPS) is 17.4. The van der Waals surface area contributed by atoms with Crippen molar-refractivity contribution < 1.29 is 27.4 Å². The fourth-order valence-electron chi connectivity index (χ4n) is 1.38. The van der Waals surface area contributed by atoms with Crippen molar-refractivity contribution in [1.29, 1.82) is 0 Å². The Balaban J connectivity index is 4.33. The molecule has 7 heteroatoms. The molecular formula is C10H18F3NO3. The molecule has 0 aromatic carbocycles. The summed E-state index contributed by atoms with van der Waals surface area (Å²) in [5.74, 6) is -0.539. The molecule has 0 radical (unpaired) electrons. The first-order valence-electron chi connectivity index (χ1n) is 5.10. The van der Waals surface area contributed by atoms with E-state index in [4.69, 9.17) is 0 Å². The maximum Gasteiger partial charge on any atom is 0.411 e. The fourth-order valence-corrected chi connectivity index (χ4v) is 1.38. The maximum absolute atomic E-state index is 11.9. The lowest BCUT2D eigenvalue weighted by atomic mass is 9.95. The molecule has 0 bridgehead atoms. The fraction of sp³-hybridized carbons (Fsp3) is 0.900. The second kappa shape index (κ2) is 6.20. The lowest BCUT2D eigenvalue weighted by molar-refractivity contribution is -0.186. The number of hydrogen-bond donors (Lipinski definition) is 1. The summed E-state index contributed by atoms with van der Waals surface area (Å²) < 4.78 is 45.0. The van der Waals surface area contributed by atoms with E-state index < -0.39 is 30.4 Å². The van der Waals surface area contributed by atoms with Crippen LogP contribution in [-0.4, -0.2) is 44.6 Å². The van der Waals surface area contributed by atoms with Crippen molar-refractivity contribution in [3.63, 3.8) is 0 Å². The standard InChI is InChI=1S/C10H18F3NO3/c1-7(17-6-10(11,12)13)5-9(2,14-3)8(15)16-4/h7,14H,5-6H2,1-4H3. The van der Waals surface area contributed by atoms with Crippen LogP contribution in [0.15, 0.2) is 0 Å². The molecule has 2 unspecified atom stereocenters. The van der Waals surface area contributed by atoms with Crippen LogP contribution in [0.5, 0.6) is 0 Å². The van der Waals surface area contributed by atoms with Gasteiger partial charge in [-0.3, -0.25) is 4.79 Å². The van der Waals surface area contributed by atoms with E-state index in [0.29, 0.717) is 0 Å². The second-order valence-electron chi connectivity index (χ2n) is 4.01. The van der Waals surface area contributed by atoms with Crippen LogP contribution in [0.25, 0.3) is 0 Å². The third-order valence-electron chi connectivity index (χ3n) is 2.41. The van der Waals surface area contributed by atoms with Gasteiger partial charge in [-0.2, -0.15) is 13.2 Å². The van der Waals surface area contributed by atoms with Gasteiger partial charge < -0.3 is 14.8 Å². The SMILES string of the molecule is CNC(C)(CC(C)OCC(F)(F)F)C(=O)OC. The predicted octanol–water partition coefficient (Wildman–Crippen LogP) is 1.49. The number of hydrogen-bond acceptors (Lipinski definition) is 4. The summed E-state index contributed by atoms with van der Waals surface area (Å²) in [6, 6.07) is 0. The molecule has 0 saturated heterocycles. The predicted molar refractivity (Wildman–Crippen MR) is 55.6 cm³/mol. The minimum Gasteiger partial charge on any atom is -0.468 e. The highest BCUT2D eigenvalue weighted by molar-refractivity contribution is 5.80. The van der Waals surface area contributed by atoms with Gasteiger partial charge in [0.05, 0.1) is 13.2 Å². The van der Waals surface area contributed by atoms with Crippen LogP contribution in [0.4, 0.5) is 13.2 Å². The van der Waals surface area contributed by atoms with Gasteiger partial charge in [-0.1, -0.05) is 0 Å². The van der Waals surface area contributed by atoms with Crippen LogP contribution >= 0.6 is 0 Å². The van der Waals surface area contributed by atoms with E-state index in [2.05, 4.69) is 14.8 Å². The molecular weight excluding hydrogens is 239 g/mol. The quantitative estimate of drug-likeness (QED) is 0.732. The third-order valence-corrected chi connectivity index (χ3v) is 2.41. The van der Waals surface area contributed by atoms with Crippen molar-refractivity contribution in [2.75, 3.05) is 20.8 Å². The van der Waals surface area contributed by atoms with Crippen molar-refractivity contribution >= 4 is 5.97 Å². The Morgan fingerprint density at radius 3 is 2.29 bits per heavy atom. The Morgan fingerprint density at radius 1 is 1.41 bits per heavy atom. The largest absolute Gasteiger partial charge is 0.468 e. The number of halogens is 3. The van der Waals surface area contributed by atoms with E-state index in [0.717, 1.165) is 0 Å². The number of ether oxygens (including phenoxy) is 2. The molecule has 0 rings (SSSR count). The molecule has 0 aliphatic carbocycles. The van der Waals surface area contributed by atoms with Crippen LogP contribution in [0.2, 0.25) is 0 Å². The first kappa shape index (κ1) is 16.2. The Labute approximate surface area is 98.5 Å². The average molecular weight is 257 g/mol. The molecule has 0 aliphatic rings. The summed E-state index contributed by atoms with van der Waals surface area (Å²) in [5, 5.41) is 2.72. The van der Waals surface area contributed by atoms with Gasteiger partial charge in [0.25, 0.3) is 0 Å². The van der Waals surface area contributed by atoms with Gasteiger partial charge in [-0.05, 0) is 20.9 Å². The molecule has 2 atom stereocenters. The monoisotopic (exact) mass is 257 g/mol. The van der Waals surface area contributed by atoms with E-state index in [1.165, 1.54) is 21.1 Å². The Bertz CT molecular complexity index is 258. The van der Waals surface area contributed by atoms with Crippen LogP contribution in [0.1, 0.15) is 20.3 Å². The summed E-state index contributed by atoms with van der Waals surface area (Å²) >= 11 is 0. The van der Waals surface area contributed by atoms with Crippen LogP contribution in [0, 0.1) is 0 Å². The molecule has 0 aliphatic heterocycles. The lowest BCUT2D eigenvalue weighted by Crippen LogP contribution is -2.50. The Hall–Kier alpha value is -0.820. The van der Waals surface area contributed by atoms with Crippen molar-refractivity contribution in [3.8, 4) is 0 Å². The highest BCUT2D eigenvalue weighted by Gasteiger charge is 2.36. The van der Waals surface area contributed by atoms with Gasteiger partial charge in [0.2, 0.25) is 0 Å². The minimum absolute atomic E-state index is 0.0895. The number of alkyl halides is 3. The number of esters is 1. The minimum atomic E-state index is -4.37. The smallest absolute Gasteiger partial charge is 0.411 e. The van der Waals surface area contributed by atoms with Crippen molar-refractivity contribution in [2.45, 2.75) is 38.1 Å². The Kier molecular flexibility index (Phi) is 5.91. The zero-order valence-corrected chi connectivity index (χ0v) is 10.4. The molecule has 4 nitrogen and oxygen atoms in total. The highest BCUT2D eigenvalue weighted by Crippen LogP contribution is 2.20. The van der Waals surface area contributed by atoms with Gasteiger partial charge in [0.1, 0.15) is 12.1 Å². The molecule has 0 saturated carbocycles. The summed E-state index contributed by atoms with van der Waals surface area (Å²) in [5.41, 5.74) is -1.06. The molecule has 0 heterocycles. The van der Waals surface area contributed by atoms with Gasteiger partial charge >= 0.3 is 12.1 Å². The number of carbonyl (C=O) groups is 1. The lowest BCUT2D eigenvalue weighted by Gasteiger charge is -2.29. The van der Waals surface area contributed by atoms with E-state index >= 15 is 0 Å². The highest BCUT2D eigenvalue weighted by atomic mass is 19.4. The van der Waals surface area contributed by atoms with E-state index in [1.807, 2.05) is 0 Å². The first-order chi connectivity index (χ1) is 7.64. The van der Waals surface area contributed by atoms with Gasteiger partial charge in [-0.15, -0.1) is 0 Å². The summed E-state index contributed by atoms with van der Waals surface area (Å²) in [6.45, 7) is 1.70. The van der Waals surface area contributed by atoms with Crippen LogP contribution in [-0.2, 0) is 14.3 Å². The summed E-state index contributed by atoms with van der Waals surface area (Å²) in [4.78, 5) is 11.4. The zero-order chi connectivity index (χ0) is 13.7. The summed E-state index contributed by atoms with van der Waals surface area (Å²) in [7, 11) is 2.76. The topological polar surface area (TPSA) is 47.6 Å². The zero-order valence-electron chi connectivity index (χ0n) is 10.4. The number of nitrogens with one attached hydrogen (secondary N) is 1. The molecule has 0 spiro atoms. The molecule has 0 fully saturated rings. The number of rotatable bonds is 6. The van der Waals surface area contributed by atoms with Gasteiger partial charge in [-0.25, -0.2) is 0 Å². The van der Waals surface area contributed by atoms with E-state index in [9.17, 15) is 18.0 Å². The number of likely N-dealkylation sites (N-methyl/N-ethyl adjacent to an activating group) is 1. The molecule has 17 heavy (non-hydrogen) atoms.